The quantitative estimate of drug-likeness (QED) is 0.944. The van der Waals surface area contributed by atoms with Crippen LogP contribution in [-0.4, -0.2) is 34.7 Å². The van der Waals surface area contributed by atoms with Crippen LogP contribution in [0.2, 0.25) is 0 Å². The second-order valence-electron chi connectivity index (χ2n) is 6.12. The highest BCUT2D eigenvalue weighted by atomic mass is 16.5. The number of benzene rings is 1. The molecule has 2 heterocycles. The van der Waals surface area contributed by atoms with E-state index in [0.717, 1.165) is 48.2 Å². The van der Waals surface area contributed by atoms with Crippen molar-refractivity contribution in [2.45, 2.75) is 38.6 Å². The summed E-state index contributed by atoms with van der Waals surface area (Å²) in [5, 5.41) is 6.89. The van der Waals surface area contributed by atoms with Crippen molar-refractivity contribution < 1.29 is 9.53 Å². The predicted molar refractivity (Wildman–Crippen MR) is 88.3 cm³/mol. The first-order chi connectivity index (χ1) is 11.2. The fourth-order valence-corrected chi connectivity index (χ4v) is 3.33. The van der Waals surface area contributed by atoms with Gasteiger partial charge in [0.25, 0.3) is 0 Å². The Balaban J connectivity index is 1.80. The molecule has 0 aliphatic carbocycles. The van der Waals surface area contributed by atoms with E-state index in [2.05, 4.69) is 10.2 Å². The summed E-state index contributed by atoms with van der Waals surface area (Å²) in [6.45, 7) is 2.84. The van der Waals surface area contributed by atoms with Gasteiger partial charge in [0.15, 0.2) is 0 Å². The molecule has 5 heteroatoms. The van der Waals surface area contributed by atoms with Gasteiger partial charge in [-0.2, -0.15) is 5.10 Å². The Morgan fingerprint density at radius 3 is 3.04 bits per heavy atom. The van der Waals surface area contributed by atoms with E-state index in [1.54, 1.807) is 7.11 Å². The Bertz CT molecular complexity index is 667. The number of rotatable bonds is 4. The molecule has 1 aliphatic heterocycles. The first kappa shape index (κ1) is 15.6. The molecular weight excluding hydrogens is 290 g/mol. The van der Waals surface area contributed by atoms with E-state index in [4.69, 9.17) is 4.74 Å². The van der Waals surface area contributed by atoms with Gasteiger partial charge in [0.2, 0.25) is 5.91 Å². The molecule has 1 fully saturated rings. The molecule has 1 saturated heterocycles. The van der Waals surface area contributed by atoms with E-state index in [1.807, 2.05) is 42.4 Å². The van der Waals surface area contributed by atoms with Crippen molar-refractivity contribution in [1.29, 1.82) is 0 Å². The normalized spacial score (nSPS) is 18.0. The number of methoxy groups -OCH3 is 1. The summed E-state index contributed by atoms with van der Waals surface area (Å²) in [5.74, 6) is 0.931. The fourth-order valence-electron chi connectivity index (χ4n) is 3.33. The topological polar surface area (TPSA) is 58.2 Å². The molecule has 1 aliphatic rings. The molecule has 0 saturated carbocycles. The molecule has 122 valence electrons. The van der Waals surface area contributed by atoms with Crippen LogP contribution < -0.4 is 4.74 Å². The lowest BCUT2D eigenvalue weighted by Crippen LogP contribution is -2.39. The van der Waals surface area contributed by atoms with Crippen LogP contribution in [0.4, 0.5) is 0 Å². The Morgan fingerprint density at radius 1 is 1.43 bits per heavy atom. The fraction of sp³-hybridized carbons (Fsp3) is 0.444. The minimum Gasteiger partial charge on any atom is -0.496 e. The molecule has 3 rings (SSSR count). The average Bonchev–Trinajstić information content (AvgIpc) is 3.09. The van der Waals surface area contributed by atoms with Crippen molar-refractivity contribution in [2.24, 2.45) is 0 Å². The Kier molecular flexibility index (Phi) is 4.65. The zero-order valence-corrected chi connectivity index (χ0v) is 13.7. The van der Waals surface area contributed by atoms with Gasteiger partial charge in [-0.25, -0.2) is 0 Å². The second kappa shape index (κ2) is 6.86. The van der Waals surface area contributed by atoms with Gasteiger partial charge in [-0.05, 0) is 32.3 Å². The van der Waals surface area contributed by atoms with Crippen molar-refractivity contribution in [3.63, 3.8) is 0 Å². The van der Waals surface area contributed by atoms with E-state index in [-0.39, 0.29) is 11.9 Å². The SMILES string of the molecule is COc1ccc(C)cc1CC(=O)N1CCCC[C@H]1c1cn[nH]c1. The number of nitrogens with one attached hydrogen (secondary N) is 1. The molecule has 0 unspecified atom stereocenters. The summed E-state index contributed by atoms with van der Waals surface area (Å²) in [6, 6.07) is 6.10. The van der Waals surface area contributed by atoms with Gasteiger partial charge < -0.3 is 9.64 Å². The maximum Gasteiger partial charge on any atom is 0.227 e. The zero-order valence-electron chi connectivity index (χ0n) is 13.7. The molecule has 0 bridgehead atoms. The van der Waals surface area contributed by atoms with Gasteiger partial charge in [0.1, 0.15) is 5.75 Å². The van der Waals surface area contributed by atoms with Crippen LogP contribution in [0.15, 0.2) is 30.6 Å². The summed E-state index contributed by atoms with van der Waals surface area (Å²) in [6.07, 6.45) is 7.29. The molecule has 1 atom stereocenters. The van der Waals surface area contributed by atoms with Crippen LogP contribution in [0.1, 0.15) is 42.0 Å². The largest absolute Gasteiger partial charge is 0.496 e. The monoisotopic (exact) mass is 313 g/mol. The van der Waals surface area contributed by atoms with Crippen LogP contribution in [0.5, 0.6) is 5.75 Å². The number of H-pyrrole nitrogens is 1. The number of amides is 1. The lowest BCUT2D eigenvalue weighted by Gasteiger charge is -2.35. The molecule has 0 radical (unpaired) electrons. The standard InChI is InChI=1S/C18H23N3O2/c1-13-6-7-17(23-2)14(9-13)10-18(22)21-8-4-3-5-16(21)15-11-19-20-12-15/h6-7,9,11-12,16H,3-5,8,10H2,1-2H3,(H,19,20)/t16-/m0/s1. The minimum absolute atomic E-state index is 0.130. The number of ether oxygens (including phenoxy) is 1. The number of nitrogens with zero attached hydrogens (tertiary/aromatic N) is 2. The molecule has 0 spiro atoms. The van der Waals surface area contributed by atoms with Crippen molar-refractivity contribution in [2.75, 3.05) is 13.7 Å². The highest BCUT2D eigenvalue weighted by molar-refractivity contribution is 5.80. The van der Waals surface area contributed by atoms with Gasteiger partial charge >= 0.3 is 0 Å². The smallest absolute Gasteiger partial charge is 0.227 e. The molecule has 2 aromatic rings. The summed E-state index contributed by atoms with van der Waals surface area (Å²) in [4.78, 5) is 14.9. The van der Waals surface area contributed by atoms with Crippen LogP contribution in [0, 0.1) is 6.92 Å². The van der Waals surface area contributed by atoms with Crippen LogP contribution in [0.25, 0.3) is 0 Å². The average molecular weight is 313 g/mol. The lowest BCUT2D eigenvalue weighted by atomic mass is 9.96. The predicted octanol–water partition coefficient (Wildman–Crippen LogP) is 3.02. The van der Waals surface area contributed by atoms with Crippen molar-refractivity contribution in [1.82, 2.24) is 15.1 Å². The molecule has 23 heavy (non-hydrogen) atoms. The van der Waals surface area contributed by atoms with Gasteiger partial charge in [0.05, 0.1) is 25.8 Å². The van der Waals surface area contributed by atoms with Gasteiger partial charge in [-0.3, -0.25) is 9.89 Å². The molecule has 1 N–H and O–H groups in total. The minimum atomic E-state index is 0.130. The molecule has 1 aromatic carbocycles. The molecule has 1 amide bonds. The number of likely N-dealkylation sites (tertiary alicyclic amines) is 1. The Labute approximate surface area is 136 Å². The zero-order chi connectivity index (χ0) is 16.2. The maximum atomic E-state index is 12.9. The summed E-state index contributed by atoms with van der Waals surface area (Å²) >= 11 is 0. The first-order valence-corrected chi connectivity index (χ1v) is 8.10. The Hall–Kier alpha value is -2.30. The Morgan fingerprint density at radius 2 is 2.30 bits per heavy atom. The number of carbonyl (C=O) groups excluding carboxylic acids is 1. The van der Waals surface area contributed by atoms with Gasteiger partial charge in [-0.15, -0.1) is 0 Å². The van der Waals surface area contributed by atoms with Crippen molar-refractivity contribution in [3.8, 4) is 5.75 Å². The van der Waals surface area contributed by atoms with E-state index in [0.29, 0.717) is 6.42 Å². The number of aryl methyl sites for hydroxylation is 1. The molecular formula is C18H23N3O2. The first-order valence-electron chi connectivity index (χ1n) is 8.10. The van der Waals surface area contributed by atoms with Crippen LogP contribution in [0.3, 0.4) is 0 Å². The third-order valence-electron chi connectivity index (χ3n) is 4.50. The summed E-state index contributed by atoms with van der Waals surface area (Å²) in [7, 11) is 1.65. The van der Waals surface area contributed by atoms with E-state index in [1.165, 1.54) is 0 Å². The van der Waals surface area contributed by atoms with Crippen molar-refractivity contribution in [3.05, 3.63) is 47.3 Å². The summed E-state index contributed by atoms with van der Waals surface area (Å²) in [5.41, 5.74) is 3.18. The lowest BCUT2D eigenvalue weighted by molar-refractivity contribution is -0.134. The van der Waals surface area contributed by atoms with Crippen LogP contribution >= 0.6 is 0 Å². The number of carbonyl (C=O) groups is 1. The molecule has 5 nitrogen and oxygen atoms in total. The third-order valence-corrected chi connectivity index (χ3v) is 4.50. The van der Waals surface area contributed by atoms with Gasteiger partial charge in [-0.1, -0.05) is 17.7 Å². The number of aromatic nitrogens is 2. The van der Waals surface area contributed by atoms with Gasteiger partial charge in [0, 0.05) is 23.9 Å². The van der Waals surface area contributed by atoms with Crippen molar-refractivity contribution >= 4 is 5.91 Å². The number of piperidine rings is 1. The molecule has 1 aromatic heterocycles. The maximum absolute atomic E-state index is 12.9. The second-order valence-corrected chi connectivity index (χ2v) is 6.12. The number of hydrogen-bond donors (Lipinski definition) is 1. The van der Waals surface area contributed by atoms with E-state index < -0.39 is 0 Å². The van der Waals surface area contributed by atoms with E-state index >= 15 is 0 Å². The van der Waals surface area contributed by atoms with E-state index in [9.17, 15) is 4.79 Å². The highest BCUT2D eigenvalue weighted by Gasteiger charge is 2.28. The number of aromatic amines is 1. The highest BCUT2D eigenvalue weighted by Crippen LogP contribution is 2.31. The summed E-state index contributed by atoms with van der Waals surface area (Å²) < 4.78 is 5.40. The number of hydrogen-bond acceptors (Lipinski definition) is 3. The third kappa shape index (κ3) is 3.38. The van der Waals surface area contributed by atoms with Crippen LogP contribution in [-0.2, 0) is 11.2 Å².